The molecule has 1 aliphatic carbocycles. The van der Waals surface area contributed by atoms with Gasteiger partial charge in [0, 0.05) is 11.9 Å². The van der Waals surface area contributed by atoms with Crippen LogP contribution in [0.15, 0.2) is 53.4 Å². The average molecular weight is 411 g/mol. The monoisotopic (exact) mass is 410 g/mol. The molecule has 0 spiro atoms. The highest BCUT2D eigenvalue weighted by atomic mass is 35.5. The molecule has 2 aromatic rings. The fourth-order valence-corrected chi connectivity index (χ4v) is 3.66. The van der Waals surface area contributed by atoms with Crippen LogP contribution in [-0.2, 0) is 14.6 Å². The third-order valence-corrected chi connectivity index (χ3v) is 5.64. The summed E-state index contributed by atoms with van der Waals surface area (Å²) in [5, 5.41) is 2.85. The lowest BCUT2D eigenvalue weighted by Gasteiger charge is -2.22. The van der Waals surface area contributed by atoms with Crippen LogP contribution in [0, 0.1) is 0 Å². The van der Waals surface area contributed by atoms with Crippen molar-refractivity contribution in [3.63, 3.8) is 0 Å². The van der Waals surface area contributed by atoms with Crippen molar-refractivity contribution in [2.75, 3.05) is 11.6 Å². The zero-order valence-electron chi connectivity index (χ0n) is 15.0. The Labute approximate surface area is 165 Å². The number of nitrogens with two attached hydrogens (primary N) is 1. The quantitative estimate of drug-likeness (QED) is 0.785. The van der Waals surface area contributed by atoms with E-state index < -0.39 is 15.4 Å². The average Bonchev–Trinajstić information content (AvgIpc) is 3.04. The predicted octanol–water partition coefficient (Wildman–Crippen LogP) is 3.51. The van der Waals surface area contributed by atoms with Crippen LogP contribution in [0.5, 0.6) is 11.5 Å². The highest BCUT2D eigenvalue weighted by Gasteiger charge is 2.36. The van der Waals surface area contributed by atoms with E-state index in [0.717, 1.165) is 19.1 Å². The van der Waals surface area contributed by atoms with Gasteiger partial charge in [0.25, 0.3) is 0 Å². The fraction of sp³-hybridized carbons (Fsp3) is 0.316. The molecule has 8 heteroatoms. The van der Waals surface area contributed by atoms with Gasteiger partial charge in [-0.1, -0.05) is 18.9 Å². The van der Waals surface area contributed by atoms with Crippen molar-refractivity contribution in [2.24, 2.45) is 5.73 Å². The minimum Gasteiger partial charge on any atom is -0.457 e. The Balaban J connectivity index is 0.00000261. The number of sulfone groups is 1. The number of ether oxygens (including phenoxy) is 1. The second kappa shape index (κ2) is 8.29. The van der Waals surface area contributed by atoms with E-state index in [1.165, 1.54) is 12.1 Å². The molecule has 0 bridgehead atoms. The molecule has 1 amide bonds. The van der Waals surface area contributed by atoms with E-state index in [9.17, 15) is 13.2 Å². The molecule has 146 valence electrons. The normalized spacial score (nSPS) is 15.6. The van der Waals surface area contributed by atoms with Crippen molar-refractivity contribution in [1.29, 1.82) is 0 Å². The molecule has 3 rings (SSSR count). The lowest BCUT2D eigenvalue weighted by molar-refractivity contribution is -0.121. The zero-order valence-corrected chi connectivity index (χ0v) is 16.6. The molecule has 1 saturated carbocycles. The van der Waals surface area contributed by atoms with E-state index in [4.69, 9.17) is 10.5 Å². The number of benzene rings is 2. The first kappa shape index (κ1) is 21.2. The van der Waals surface area contributed by atoms with Gasteiger partial charge in [-0.3, -0.25) is 4.79 Å². The number of halogens is 1. The summed E-state index contributed by atoms with van der Waals surface area (Å²) < 4.78 is 28.9. The lowest BCUT2D eigenvalue weighted by Crippen LogP contribution is -2.48. The molecular weight excluding hydrogens is 388 g/mol. The summed E-state index contributed by atoms with van der Waals surface area (Å²) in [5.41, 5.74) is 6.01. The summed E-state index contributed by atoms with van der Waals surface area (Å²) in [6.07, 6.45) is 4.51. The topological polar surface area (TPSA) is 98.5 Å². The van der Waals surface area contributed by atoms with Gasteiger partial charge in [0.15, 0.2) is 9.84 Å². The molecule has 6 nitrogen and oxygen atoms in total. The Kier molecular flexibility index (Phi) is 6.51. The van der Waals surface area contributed by atoms with Gasteiger partial charge in [0.05, 0.1) is 10.4 Å². The Morgan fingerprint density at radius 2 is 1.70 bits per heavy atom. The number of hydrogen-bond donors (Lipinski definition) is 2. The van der Waals surface area contributed by atoms with E-state index in [1.54, 1.807) is 36.4 Å². The van der Waals surface area contributed by atoms with Gasteiger partial charge in [-0.05, 0) is 55.3 Å². The van der Waals surface area contributed by atoms with Crippen LogP contribution in [0.25, 0.3) is 0 Å². The maximum Gasteiger partial charge on any atom is 0.244 e. The number of nitrogens with one attached hydrogen (secondary N) is 1. The van der Waals surface area contributed by atoms with E-state index in [2.05, 4.69) is 5.32 Å². The van der Waals surface area contributed by atoms with Gasteiger partial charge in [0.1, 0.15) is 11.5 Å². The summed E-state index contributed by atoms with van der Waals surface area (Å²) >= 11 is 0. The highest BCUT2D eigenvalue weighted by molar-refractivity contribution is 7.90. The molecule has 0 aromatic heterocycles. The van der Waals surface area contributed by atoms with Crippen molar-refractivity contribution in [2.45, 2.75) is 36.1 Å². The van der Waals surface area contributed by atoms with Crippen LogP contribution in [0.4, 0.5) is 5.69 Å². The summed E-state index contributed by atoms with van der Waals surface area (Å²) in [5.74, 6) is 0.804. The number of anilines is 1. The Hall–Kier alpha value is -2.09. The summed E-state index contributed by atoms with van der Waals surface area (Å²) in [6, 6.07) is 13.2. The number of carbonyl (C=O) groups excluding carboxylic acids is 1. The Morgan fingerprint density at radius 3 is 2.30 bits per heavy atom. The van der Waals surface area contributed by atoms with Gasteiger partial charge in [-0.15, -0.1) is 12.4 Å². The maximum absolute atomic E-state index is 12.3. The minimum absolute atomic E-state index is 0. The van der Waals surface area contributed by atoms with E-state index in [-0.39, 0.29) is 23.2 Å². The van der Waals surface area contributed by atoms with E-state index in [0.29, 0.717) is 30.0 Å². The molecule has 1 aliphatic rings. The predicted molar refractivity (Wildman–Crippen MR) is 107 cm³/mol. The minimum atomic E-state index is -3.29. The van der Waals surface area contributed by atoms with Crippen LogP contribution >= 0.6 is 12.4 Å². The van der Waals surface area contributed by atoms with Gasteiger partial charge < -0.3 is 15.8 Å². The highest BCUT2D eigenvalue weighted by Crippen LogP contribution is 2.29. The number of carbonyl (C=O) groups is 1. The second-order valence-corrected chi connectivity index (χ2v) is 8.71. The molecular formula is C19H23ClN2O4S. The summed E-state index contributed by atoms with van der Waals surface area (Å²) in [6.45, 7) is 0. The Bertz CT molecular complexity index is 908. The molecule has 0 heterocycles. The molecule has 3 N–H and O–H groups in total. The van der Waals surface area contributed by atoms with E-state index in [1.807, 2.05) is 0 Å². The van der Waals surface area contributed by atoms with Crippen LogP contribution < -0.4 is 15.8 Å². The standard InChI is InChI=1S/C19H22N2O4S.ClH/c1-26(23,24)17-6-4-5-16(13-17)25-15-9-7-14(8-10-15)21-18(22)19(20)11-2-3-12-19;/h4-10,13H,2-3,11-12,20H2,1H3,(H,21,22);1H. The van der Waals surface area contributed by atoms with Crippen molar-refractivity contribution < 1.29 is 17.9 Å². The molecule has 2 aromatic carbocycles. The maximum atomic E-state index is 12.3. The van der Waals surface area contributed by atoms with Crippen molar-refractivity contribution >= 4 is 33.8 Å². The summed E-state index contributed by atoms with van der Waals surface area (Å²) in [7, 11) is -3.29. The Morgan fingerprint density at radius 1 is 1.07 bits per heavy atom. The molecule has 0 unspecified atom stereocenters. The van der Waals surface area contributed by atoms with Gasteiger partial charge in [0.2, 0.25) is 5.91 Å². The lowest BCUT2D eigenvalue weighted by atomic mass is 9.98. The van der Waals surface area contributed by atoms with Gasteiger partial charge >= 0.3 is 0 Å². The third kappa shape index (κ3) is 5.22. The van der Waals surface area contributed by atoms with Crippen LogP contribution in [0.3, 0.4) is 0 Å². The van der Waals surface area contributed by atoms with Crippen molar-refractivity contribution in [1.82, 2.24) is 0 Å². The summed E-state index contributed by atoms with van der Waals surface area (Å²) in [4.78, 5) is 12.5. The van der Waals surface area contributed by atoms with Crippen LogP contribution in [-0.4, -0.2) is 26.1 Å². The number of amides is 1. The third-order valence-electron chi connectivity index (χ3n) is 4.53. The first-order chi connectivity index (χ1) is 12.3. The first-order valence-electron chi connectivity index (χ1n) is 8.45. The second-order valence-electron chi connectivity index (χ2n) is 6.69. The zero-order chi connectivity index (χ0) is 18.8. The van der Waals surface area contributed by atoms with Crippen molar-refractivity contribution in [3.8, 4) is 11.5 Å². The molecule has 0 radical (unpaired) electrons. The molecule has 0 atom stereocenters. The SMILES string of the molecule is CS(=O)(=O)c1cccc(Oc2ccc(NC(=O)C3(N)CCCC3)cc2)c1.Cl. The number of hydrogen-bond acceptors (Lipinski definition) is 5. The molecule has 0 aliphatic heterocycles. The van der Waals surface area contributed by atoms with Gasteiger partial charge in [-0.2, -0.15) is 0 Å². The fourth-order valence-electron chi connectivity index (χ4n) is 3.00. The largest absolute Gasteiger partial charge is 0.457 e. The molecule has 1 fully saturated rings. The first-order valence-corrected chi connectivity index (χ1v) is 10.3. The van der Waals surface area contributed by atoms with Crippen LogP contribution in [0.1, 0.15) is 25.7 Å². The molecule has 27 heavy (non-hydrogen) atoms. The van der Waals surface area contributed by atoms with Gasteiger partial charge in [-0.25, -0.2) is 8.42 Å². The van der Waals surface area contributed by atoms with E-state index >= 15 is 0 Å². The smallest absolute Gasteiger partial charge is 0.244 e. The van der Waals surface area contributed by atoms with Crippen molar-refractivity contribution in [3.05, 3.63) is 48.5 Å². The molecule has 0 saturated heterocycles. The number of rotatable bonds is 5. The van der Waals surface area contributed by atoms with Crippen LogP contribution in [0.2, 0.25) is 0 Å².